The van der Waals surface area contributed by atoms with Gasteiger partial charge in [-0.05, 0) is 55.2 Å². The fourth-order valence-corrected chi connectivity index (χ4v) is 5.06. The molecule has 1 aliphatic rings. The lowest BCUT2D eigenvalue weighted by molar-refractivity contribution is -0.136. The standard InChI is InChI=1S/C21H24FNO4S/c1-15-4-3-5-20(16(15)2)27-13-21(24)23(19-10-11-28(25,26)14-19)12-17-6-8-18(22)9-7-17/h3-9,19H,10-14H2,1-2H3/t19-/m1/s1. The summed E-state index contributed by atoms with van der Waals surface area (Å²) in [5.41, 5.74) is 2.77. The Morgan fingerprint density at radius 2 is 1.89 bits per heavy atom. The van der Waals surface area contributed by atoms with Crippen LogP contribution in [0.15, 0.2) is 42.5 Å². The van der Waals surface area contributed by atoms with E-state index in [0.717, 1.165) is 16.7 Å². The molecule has 0 bridgehead atoms. The largest absolute Gasteiger partial charge is 0.483 e. The fourth-order valence-electron chi connectivity index (χ4n) is 3.33. The number of nitrogens with zero attached hydrogens (tertiary/aromatic N) is 1. The first-order valence-electron chi connectivity index (χ1n) is 9.18. The molecule has 28 heavy (non-hydrogen) atoms. The molecule has 0 N–H and O–H groups in total. The second-order valence-corrected chi connectivity index (χ2v) is 9.42. The van der Waals surface area contributed by atoms with Crippen molar-refractivity contribution in [2.45, 2.75) is 32.9 Å². The molecule has 1 heterocycles. The van der Waals surface area contributed by atoms with Gasteiger partial charge in [-0.2, -0.15) is 0 Å². The third-order valence-corrected chi connectivity index (χ3v) is 6.89. The van der Waals surface area contributed by atoms with Gasteiger partial charge in [0.15, 0.2) is 16.4 Å². The number of carbonyl (C=O) groups is 1. The minimum absolute atomic E-state index is 0.0522. The summed E-state index contributed by atoms with van der Waals surface area (Å²) in [6, 6.07) is 11.1. The van der Waals surface area contributed by atoms with Crippen LogP contribution in [0, 0.1) is 19.7 Å². The predicted molar refractivity (Wildman–Crippen MR) is 105 cm³/mol. The number of hydrogen-bond donors (Lipinski definition) is 0. The van der Waals surface area contributed by atoms with Crippen LogP contribution in [0.5, 0.6) is 5.75 Å². The zero-order valence-electron chi connectivity index (χ0n) is 16.0. The number of benzene rings is 2. The van der Waals surface area contributed by atoms with Gasteiger partial charge in [-0.15, -0.1) is 0 Å². The van der Waals surface area contributed by atoms with Crippen molar-refractivity contribution in [2.24, 2.45) is 0 Å². The van der Waals surface area contributed by atoms with Crippen LogP contribution in [0.25, 0.3) is 0 Å². The zero-order valence-corrected chi connectivity index (χ0v) is 16.8. The molecule has 0 aliphatic carbocycles. The van der Waals surface area contributed by atoms with Crippen LogP contribution in [0.3, 0.4) is 0 Å². The molecule has 0 spiro atoms. The van der Waals surface area contributed by atoms with Gasteiger partial charge in [0.1, 0.15) is 11.6 Å². The molecule has 1 saturated heterocycles. The van der Waals surface area contributed by atoms with E-state index in [9.17, 15) is 17.6 Å². The fraction of sp³-hybridized carbons (Fsp3) is 0.381. The van der Waals surface area contributed by atoms with Crippen molar-refractivity contribution in [3.8, 4) is 5.75 Å². The predicted octanol–water partition coefficient (Wildman–Crippen LogP) is 3.04. The van der Waals surface area contributed by atoms with Gasteiger partial charge in [-0.1, -0.05) is 24.3 Å². The number of ether oxygens (including phenoxy) is 1. The van der Waals surface area contributed by atoms with Crippen LogP contribution >= 0.6 is 0 Å². The van der Waals surface area contributed by atoms with E-state index in [2.05, 4.69) is 0 Å². The van der Waals surface area contributed by atoms with Gasteiger partial charge >= 0.3 is 0 Å². The number of halogens is 1. The molecule has 1 fully saturated rings. The number of aryl methyl sites for hydroxylation is 1. The summed E-state index contributed by atoms with van der Waals surface area (Å²) in [6.45, 7) is 3.93. The summed E-state index contributed by atoms with van der Waals surface area (Å²) in [4.78, 5) is 14.5. The van der Waals surface area contributed by atoms with Crippen LogP contribution in [-0.2, 0) is 21.2 Å². The van der Waals surface area contributed by atoms with Gasteiger partial charge in [0.05, 0.1) is 11.5 Å². The van der Waals surface area contributed by atoms with Crippen molar-refractivity contribution in [2.75, 3.05) is 18.1 Å². The Hall–Kier alpha value is -2.41. The van der Waals surface area contributed by atoms with E-state index in [1.165, 1.54) is 12.1 Å². The molecule has 7 heteroatoms. The quantitative estimate of drug-likeness (QED) is 0.741. The summed E-state index contributed by atoms with van der Waals surface area (Å²) in [6.07, 6.45) is 0.402. The maximum Gasteiger partial charge on any atom is 0.261 e. The summed E-state index contributed by atoms with van der Waals surface area (Å²) in [7, 11) is -3.15. The summed E-state index contributed by atoms with van der Waals surface area (Å²) < 4.78 is 42.7. The van der Waals surface area contributed by atoms with Gasteiger partial charge < -0.3 is 9.64 Å². The van der Waals surface area contributed by atoms with Crippen molar-refractivity contribution in [1.29, 1.82) is 0 Å². The normalized spacial score (nSPS) is 18.0. The summed E-state index contributed by atoms with van der Waals surface area (Å²) >= 11 is 0. The average molecular weight is 405 g/mol. The maximum atomic E-state index is 13.2. The topological polar surface area (TPSA) is 63.7 Å². The first-order chi connectivity index (χ1) is 13.2. The first kappa shape index (κ1) is 20.3. The number of amides is 1. The molecule has 1 aliphatic heterocycles. The Balaban J connectivity index is 1.76. The molecule has 1 amide bonds. The monoisotopic (exact) mass is 405 g/mol. The van der Waals surface area contributed by atoms with E-state index in [0.29, 0.717) is 12.2 Å². The molecule has 5 nitrogen and oxygen atoms in total. The summed E-state index contributed by atoms with van der Waals surface area (Å²) in [5, 5.41) is 0. The third-order valence-electron chi connectivity index (χ3n) is 5.14. The molecule has 1 atom stereocenters. The van der Waals surface area contributed by atoms with Crippen molar-refractivity contribution in [1.82, 2.24) is 4.90 Å². The Kier molecular flexibility index (Phi) is 6.03. The van der Waals surface area contributed by atoms with Crippen molar-refractivity contribution >= 4 is 15.7 Å². The highest BCUT2D eigenvalue weighted by atomic mass is 32.2. The molecule has 3 rings (SSSR count). The minimum Gasteiger partial charge on any atom is -0.483 e. The molecular weight excluding hydrogens is 381 g/mol. The lowest BCUT2D eigenvalue weighted by Gasteiger charge is -2.28. The van der Waals surface area contributed by atoms with Gasteiger partial charge in [0.25, 0.3) is 5.91 Å². The lowest BCUT2D eigenvalue weighted by atomic mass is 10.1. The second kappa shape index (κ2) is 8.31. The molecule has 0 unspecified atom stereocenters. The second-order valence-electron chi connectivity index (χ2n) is 7.19. The van der Waals surface area contributed by atoms with Crippen LogP contribution in [0.2, 0.25) is 0 Å². The highest BCUT2D eigenvalue weighted by molar-refractivity contribution is 7.91. The zero-order chi connectivity index (χ0) is 20.3. The van der Waals surface area contributed by atoms with Crippen LogP contribution < -0.4 is 4.74 Å². The molecule has 2 aromatic rings. The van der Waals surface area contributed by atoms with Gasteiger partial charge in [0.2, 0.25) is 0 Å². The van der Waals surface area contributed by atoms with E-state index in [1.807, 2.05) is 26.0 Å². The number of carbonyl (C=O) groups excluding carboxylic acids is 1. The van der Waals surface area contributed by atoms with Crippen molar-refractivity contribution in [3.63, 3.8) is 0 Å². The molecule has 0 aromatic heterocycles. The van der Waals surface area contributed by atoms with Crippen LogP contribution in [-0.4, -0.2) is 43.4 Å². The van der Waals surface area contributed by atoms with Crippen molar-refractivity contribution in [3.05, 3.63) is 65.0 Å². The minimum atomic E-state index is -3.15. The average Bonchev–Trinajstić information content (AvgIpc) is 3.01. The highest BCUT2D eigenvalue weighted by Crippen LogP contribution is 2.23. The molecular formula is C21H24FNO4S. The third kappa shape index (κ3) is 4.90. The Bertz CT molecular complexity index is 957. The molecule has 2 aromatic carbocycles. The van der Waals surface area contributed by atoms with E-state index >= 15 is 0 Å². The SMILES string of the molecule is Cc1cccc(OCC(=O)N(Cc2ccc(F)cc2)[C@@H]2CCS(=O)(=O)C2)c1C. The van der Waals surface area contributed by atoms with E-state index in [4.69, 9.17) is 4.74 Å². The van der Waals surface area contributed by atoms with Gasteiger partial charge in [0, 0.05) is 12.6 Å². The molecule has 0 radical (unpaired) electrons. The number of hydrogen-bond acceptors (Lipinski definition) is 4. The Morgan fingerprint density at radius 1 is 1.18 bits per heavy atom. The van der Waals surface area contributed by atoms with E-state index in [-0.39, 0.29) is 36.4 Å². The Morgan fingerprint density at radius 3 is 2.54 bits per heavy atom. The number of rotatable bonds is 6. The van der Waals surface area contributed by atoms with E-state index < -0.39 is 15.9 Å². The van der Waals surface area contributed by atoms with Crippen molar-refractivity contribution < 1.29 is 22.3 Å². The maximum absolute atomic E-state index is 13.2. The van der Waals surface area contributed by atoms with E-state index in [1.54, 1.807) is 23.1 Å². The number of sulfone groups is 1. The van der Waals surface area contributed by atoms with Gasteiger partial charge in [-0.3, -0.25) is 4.79 Å². The highest BCUT2D eigenvalue weighted by Gasteiger charge is 2.34. The smallest absolute Gasteiger partial charge is 0.261 e. The summed E-state index contributed by atoms with van der Waals surface area (Å²) in [5.74, 6) is 0.0105. The van der Waals surface area contributed by atoms with Gasteiger partial charge in [-0.25, -0.2) is 12.8 Å². The Labute approximate surface area is 165 Å². The lowest BCUT2D eigenvalue weighted by Crippen LogP contribution is -2.43. The van der Waals surface area contributed by atoms with Crippen LogP contribution in [0.4, 0.5) is 4.39 Å². The molecule has 0 saturated carbocycles. The van der Waals surface area contributed by atoms with Crippen LogP contribution in [0.1, 0.15) is 23.1 Å². The first-order valence-corrected chi connectivity index (χ1v) is 11.0. The molecule has 150 valence electrons.